The summed E-state index contributed by atoms with van der Waals surface area (Å²) in [7, 11) is -2.31. The summed E-state index contributed by atoms with van der Waals surface area (Å²) < 4.78 is 34.3. The van der Waals surface area contributed by atoms with E-state index in [9.17, 15) is 13.2 Å². The predicted molar refractivity (Wildman–Crippen MR) is 106 cm³/mol. The Bertz CT molecular complexity index is 915. The van der Waals surface area contributed by atoms with Gasteiger partial charge in [-0.1, -0.05) is 60.3 Å². The molecular weight excluding hydrogens is 384 g/mol. The molecule has 0 bridgehead atoms. The van der Waals surface area contributed by atoms with Gasteiger partial charge in [0.2, 0.25) is 5.91 Å². The second kappa shape index (κ2) is 8.69. The van der Waals surface area contributed by atoms with E-state index in [1.54, 1.807) is 25.3 Å². The van der Waals surface area contributed by atoms with E-state index in [4.69, 9.17) is 4.74 Å². The number of sulfonamides is 1. The smallest absolute Gasteiger partial charge is 0.284 e. The number of benzene rings is 2. The van der Waals surface area contributed by atoms with Crippen molar-refractivity contribution in [3.8, 4) is 0 Å². The van der Waals surface area contributed by atoms with Crippen LogP contribution in [0.3, 0.4) is 0 Å². The number of nitrogens with zero attached hydrogens (tertiary/aromatic N) is 2. The van der Waals surface area contributed by atoms with Gasteiger partial charge in [-0.2, -0.15) is 8.42 Å². The van der Waals surface area contributed by atoms with Crippen LogP contribution in [-0.2, 0) is 19.6 Å². The van der Waals surface area contributed by atoms with Crippen LogP contribution in [0.1, 0.15) is 17.2 Å². The van der Waals surface area contributed by atoms with Crippen LogP contribution in [0.4, 0.5) is 0 Å². The SMILES string of the molecule is COCCCN1C(=O)[C@@H](c2ccccc2)SC1=NS(=O)(=O)c1ccccc1. The van der Waals surface area contributed by atoms with Gasteiger partial charge in [0, 0.05) is 20.3 Å². The molecule has 6 nitrogen and oxygen atoms in total. The number of carbonyl (C=O) groups excluding carboxylic acids is 1. The van der Waals surface area contributed by atoms with Crippen LogP contribution in [0.15, 0.2) is 70.0 Å². The van der Waals surface area contributed by atoms with Crippen molar-refractivity contribution in [1.29, 1.82) is 0 Å². The molecule has 0 N–H and O–H groups in total. The number of ether oxygens (including phenoxy) is 1. The molecule has 0 aromatic heterocycles. The van der Waals surface area contributed by atoms with Crippen molar-refractivity contribution in [3.05, 3.63) is 66.2 Å². The van der Waals surface area contributed by atoms with Crippen molar-refractivity contribution < 1.29 is 17.9 Å². The zero-order valence-electron chi connectivity index (χ0n) is 14.8. The van der Waals surface area contributed by atoms with Crippen molar-refractivity contribution in [1.82, 2.24) is 4.90 Å². The summed E-state index contributed by atoms with van der Waals surface area (Å²) in [4.78, 5) is 14.5. The first kappa shape index (κ1) is 19.6. The Morgan fingerprint density at radius 3 is 2.33 bits per heavy atom. The van der Waals surface area contributed by atoms with Gasteiger partial charge in [-0.15, -0.1) is 4.40 Å². The third-order valence-corrected chi connectivity index (χ3v) is 6.65. The van der Waals surface area contributed by atoms with E-state index in [2.05, 4.69) is 4.40 Å². The van der Waals surface area contributed by atoms with Crippen LogP contribution < -0.4 is 0 Å². The van der Waals surface area contributed by atoms with E-state index in [-0.39, 0.29) is 16.0 Å². The summed E-state index contributed by atoms with van der Waals surface area (Å²) in [6, 6.07) is 17.3. The summed E-state index contributed by atoms with van der Waals surface area (Å²) in [5.74, 6) is -0.163. The number of amides is 1. The van der Waals surface area contributed by atoms with E-state index in [1.807, 2.05) is 30.3 Å². The number of thioether (sulfide) groups is 1. The molecular formula is C19H20N2O4S2. The third-order valence-electron chi connectivity index (χ3n) is 4.02. The minimum atomic E-state index is -3.89. The highest BCUT2D eigenvalue weighted by Crippen LogP contribution is 2.40. The Hall–Kier alpha value is -2.16. The fourth-order valence-corrected chi connectivity index (χ4v) is 5.10. The fourth-order valence-electron chi connectivity index (χ4n) is 2.69. The molecule has 1 saturated heterocycles. The average Bonchev–Trinajstić information content (AvgIpc) is 2.98. The first-order valence-electron chi connectivity index (χ1n) is 8.45. The molecule has 1 heterocycles. The van der Waals surface area contributed by atoms with Gasteiger partial charge in [0.1, 0.15) is 5.25 Å². The van der Waals surface area contributed by atoms with E-state index in [0.29, 0.717) is 19.6 Å². The summed E-state index contributed by atoms with van der Waals surface area (Å²) in [6.07, 6.45) is 0.592. The molecule has 0 saturated carbocycles. The molecule has 1 amide bonds. The molecule has 2 aromatic rings. The third kappa shape index (κ3) is 4.58. The number of carbonyl (C=O) groups is 1. The van der Waals surface area contributed by atoms with Crippen LogP contribution in [0.5, 0.6) is 0 Å². The summed E-state index contributed by atoms with van der Waals surface area (Å²) in [5.41, 5.74) is 0.826. The lowest BCUT2D eigenvalue weighted by atomic mass is 10.1. The Morgan fingerprint density at radius 1 is 1.07 bits per heavy atom. The maximum atomic E-state index is 12.9. The molecule has 0 radical (unpaired) electrons. The second-order valence-electron chi connectivity index (χ2n) is 5.91. The molecule has 27 heavy (non-hydrogen) atoms. The molecule has 1 fully saturated rings. The second-order valence-corrected chi connectivity index (χ2v) is 8.58. The highest BCUT2D eigenvalue weighted by Gasteiger charge is 2.39. The molecule has 0 spiro atoms. The molecule has 0 unspecified atom stereocenters. The summed E-state index contributed by atoms with van der Waals surface area (Å²) in [6.45, 7) is 0.829. The Morgan fingerprint density at radius 2 is 1.70 bits per heavy atom. The van der Waals surface area contributed by atoms with Gasteiger partial charge in [-0.3, -0.25) is 9.69 Å². The van der Waals surface area contributed by atoms with Crippen molar-refractivity contribution in [2.75, 3.05) is 20.3 Å². The van der Waals surface area contributed by atoms with Crippen molar-refractivity contribution in [2.45, 2.75) is 16.6 Å². The van der Waals surface area contributed by atoms with Crippen LogP contribution in [0.25, 0.3) is 0 Å². The first-order chi connectivity index (χ1) is 13.0. The van der Waals surface area contributed by atoms with Gasteiger partial charge < -0.3 is 4.74 Å². The minimum Gasteiger partial charge on any atom is -0.385 e. The van der Waals surface area contributed by atoms with E-state index >= 15 is 0 Å². The van der Waals surface area contributed by atoms with Gasteiger partial charge >= 0.3 is 0 Å². The predicted octanol–water partition coefficient (Wildman–Crippen LogP) is 3.08. The zero-order valence-corrected chi connectivity index (χ0v) is 16.4. The van der Waals surface area contributed by atoms with Gasteiger partial charge in [-0.25, -0.2) is 0 Å². The lowest BCUT2D eigenvalue weighted by Gasteiger charge is -2.16. The quantitative estimate of drug-likeness (QED) is 0.663. The number of amidine groups is 1. The molecule has 3 rings (SSSR count). The first-order valence-corrected chi connectivity index (χ1v) is 10.8. The highest BCUT2D eigenvalue weighted by atomic mass is 32.2. The van der Waals surface area contributed by atoms with Crippen LogP contribution in [-0.4, -0.2) is 44.7 Å². The average molecular weight is 405 g/mol. The largest absolute Gasteiger partial charge is 0.385 e. The topological polar surface area (TPSA) is 76.0 Å². The molecule has 2 aromatic carbocycles. The van der Waals surface area contributed by atoms with Crippen molar-refractivity contribution in [2.24, 2.45) is 4.40 Å². The lowest BCUT2D eigenvalue weighted by Crippen LogP contribution is -2.32. The number of methoxy groups -OCH3 is 1. The normalized spacial score (nSPS) is 19.0. The Labute approximate surface area is 163 Å². The number of hydrogen-bond donors (Lipinski definition) is 0. The summed E-state index contributed by atoms with van der Waals surface area (Å²) >= 11 is 1.17. The fraction of sp³-hybridized carbons (Fsp3) is 0.263. The maximum Gasteiger partial charge on any atom is 0.284 e. The lowest BCUT2D eigenvalue weighted by molar-refractivity contribution is -0.126. The van der Waals surface area contributed by atoms with Crippen molar-refractivity contribution >= 4 is 32.9 Å². The van der Waals surface area contributed by atoms with E-state index in [1.165, 1.54) is 28.8 Å². The molecule has 1 aliphatic rings. The zero-order chi connectivity index (χ0) is 19.3. The van der Waals surface area contributed by atoms with Gasteiger partial charge in [0.25, 0.3) is 10.0 Å². The molecule has 1 atom stereocenters. The highest BCUT2D eigenvalue weighted by molar-refractivity contribution is 8.15. The van der Waals surface area contributed by atoms with E-state index < -0.39 is 15.3 Å². The van der Waals surface area contributed by atoms with Gasteiger partial charge in [0.15, 0.2) is 5.17 Å². The minimum absolute atomic E-state index is 0.102. The molecule has 0 aliphatic carbocycles. The monoisotopic (exact) mass is 404 g/mol. The molecule has 1 aliphatic heterocycles. The van der Waals surface area contributed by atoms with Crippen LogP contribution in [0.2, 0.25) is 0 Å². The number of hydrogen-bond acceptors (Lipinski definition) is 5. The summed E-state index contributed by atoms with van der Waals surface area (Å²) in [5, 5.41) is -0.299. The van der Waals surface area contributed by atoms with Gasteiger partial charge in [0.05, 0.1) is 4.90 Å². The van der Waals surface area contributed by atoms with Crippen LogP contribution in [0, 0.1) is 0 Å². The number of rotatable bonds is 7. The van der Waals surface area contributed by atoms with E-state index in [0.717, 1.165) is 5.56 Å². The molecule has 8 heteroatoms. The van der Waals surface area contributed by atoms with Crippen LogP contribution >= 0.6 is 11.8 Å². The van der Waals surface area contributed by atoms with Gasteiger partial charge in [-0.05, 0) is 24.1 Å². The maximum absolute atomic E-state index is 12.9. The van der Waals surface area contributed by atoms with Crippen molar-refractivity contribution in [3.63, 3.8) is 0 Å². The standard InChI is InChI=1S/C19H20N2O4S2/c1-25-14-8-13-21-18(22)17(15-9-4-2-5-10-15)26-19(21)20-27(23,24)16-11-6-3-7-12-16/h2-7,9-12,17H,8,13-14H2,1H3/t17-/m1/s1. The Kier molecular flexibility index (Phi) is 6.30. The Balaban J connectivity index is 1.94. The molecule has 142 valence electrons.